The van der Waals surface area contributed by atoms with Gasteiger partial charge in [-0.3, -0.25) is 4.79 Å². The normalized spacial score (nSPS) is 10.6. The van der Waals surface area contributed by atoms with Crippen molar-refractivity contribution < 1.29 is 14.3 Å². The Hall–Kier alpha value is -0.130. The van der Waals surface area contributed by atoms with Crippen molar-refractivity contribution in [3.63, 3.8) is 0 Å². The number of rotatable bonds is 8. The number of unbranched alkanes of at least 4 members (excludes halogenated alkanes) is 1. The minimum absolute atomic E-state index is 0.0463. The molecule has 0 fully saturated rings. The van der Waals surface area contributed by atoms with Crippen molar-refractivity contribution in [1.82, 2.24) is 5.32 Å². The van der Waals surface area contributed by atoms with Gasteiger partial charge < -0.3 is 14.8 Å². The molecule has 0 heterocycles. The number of carbonyl (C=O) groups is 1. The first-order valence-corrected chi connectivity index (χ1v) is 5.75. The highest BCUT2D eigenvalue weighted by atomic mass is 79.9. The van der Waals surface area contributed by atoms with Gasteiger partial charge in [-0.05, 0) is 12.8 Å². The second-order valence-electron chi connectivity index (χ2n) is 2.85. The molecule has 0 spiro atoms. The standard InChI is InChI=1S/C9H18BrNO3/c1-13-9(14-2)7-11-8(12)5-3-4-6-10/h9H,3-7H2,1-2H3,(H,11,12). The van der Waals surface area contributed by atoms with Crippen LogP contribution in [-0.2, 0) is 14.3 Å². The Balaban J connectivity index is 3.42. The van der Waals surface area contributed by atoms with Crippen LogP contribution in [0.4, 0.5) is 0 Å². The summed E-state index contributed by atoms with van der Waals surface area (Å²) in [6.45, 7) is 0.403. The Kier molecular flexibility index (Phi) is 9.34. The molecule has 0 aromatic heterocycles. The highest BCUT2D eigenvalue weighted by Crippen LogP contribution is 1.98. The van der Waals surface area contributed by atoms with Crippen LogP contribution in [0.2, 0.25) is 0 Å². The molecule has 0 saturated carbocycles. The summed E-state index contributed by atoms with van der Waals surface area (Å²) in [6, 6.07) is 0. The van der Waals surface area contributed by atoms with Gasteiger partial charge in [0.1, 0.15) is 0 Å². The predicted octanol–water partition coefficient (Wildman–Crippen LogP) is 1.29. The maximum atomic E-state index is 11.2. The zero-order valence-corrected chi connectivity index (χ0v) is 10.3. The molecule has 1 N–H and O–H groups in total. The van der Waals surface area contributed by atoms with Crippen molar-refractivity contribution in [2.24, 2.45) is 0 Å². The summed E-state index contributed by atoms with van der Waals surface area (Å²) < 4.78 is 9.86. The monoisotopic (exact) mass is 267 g/mol. The fourth-order valence-corrected chi connectivity index (χ4v) is 1.32. The van der Waals surface area contributed by atoms with Gasteiger partial charge in [0.25, 0.3) is 0 Å². The van der Waals surface area contributed by atoms with Crippen LogP contribution < -0.4 is 5.32 Å². The third kappa shape index (κ3) is 7.29. The summed E-state index contributed by atoms with van der Waals surface area (Å²) in [6.07, 6.45) is 2.13. The fraction of sp³-hybridized carbons (Fsp3) is 0.889. The molecule has 0 bridgehead atoms. The third-order valence-corrected chi connectivity index (χ3v) is 2.34. The number of methoxy groups -OCH3 is 2. The van der Waals surface area contributed by atoms with Gasteiger partial charge in [-0.25, -0.2) is 0 Å². The zero-order chi connectivity index (χ0) is 10.8. The van der Waals surface area contributed by atoms with Crippen LogP contribution >= 0.6 is 15.9 Å². The second-order valence-corrected chi connectivity index (χ2v) is 3.64. The molecule has 0 saturated heterocycles. The van der Waals surface area contributed by atoms with Crippen molar-refractivity contribution in [3.8, 4) is 0 Å². The van der Waals surface area contributed by atoms with Crippen LogP contribution in [0.15, 0.2) is 0 Å². The quantitative estimate of drug-likeness (QED) is 0.410. The van der Waals surface area contributed by atoms with E-state index in [-0.39, 0.29) is 12.2 Å². The molecule has 0 aromatic carbocycles. The molecule has 0 aliphatic carbocycles. The lowest BCUT2D eigenvalue weighted by Crippen LogP contribution is -2.33. The maximum absolute atomic E-state index is 11.2. The van der Waals surface area contributed by atoms with Gasteiger partial charge in [-0.1, -0.05) is 15.9 Å². The van der Waals surface area contributed by atoms with E-state index in [1.54, 1.807) is 14.2 Å². The van der Waals surface area contributed by atoms with Crippen molar-refractivity contribution >= 4 is 21.8 Å². The van der Waals surface area contributed by atoms with Gasteiger partial charge in [0.2, 0.25) is 5.91 Å². The average Bonchev–Trinajstić information content (AvgIpc) is 2.20. The smallest absolute Gasteiger partial charge is 0.220 e. The zero-order valence-electron chi connectivity index (χ0n) is 8.72. The second kappa shape index (κ2) is 9.43. The Bertz CT molecular complexity index is 151. The van der Waals surface area contributed by atoms with Gasteiger partial charge in [-0.2, -0.15) is 0 Å². The van der Waals surface area contributed by atoms with Gasteiger partial charge in [0, 0.05) is 26.0 Å². The van der Waals surface area contributed by atoms with E-state index in [9.17, 15) is 4.79 Å². The predicted molar refractivity (Wildman–Crippen MR) is 58.5 cm³/mol. The lowest BCUT2D eigenvalue weighted by Gasteiger charge is -2.13. The molecular formula is C9H18BrNO3. The number of nitrogens with one attached hydrogen (secondary N) is 1. The molecule has 84 valence electrons. The van der Waals surface area contributed by atoms with Crippen molar-refractivity contribution in [2.75, 3.05) is 26.1 Å². The topological polar surface area (TPSA) is 47.6 Å². The van der Waals surface area contributed by atoms with Gasteiger partial charge in [-0.15, -0.1) is 0 Å². The molecule has 14 heavy (non-hydrogen) atoms. The minimum Gasteiger partial charge on any atom is -0.354 e. The summed E-state index contributed by atoms with van der Waals surface area (Å²) in [4.78, 5) is 11.2. The first kappa shape index (κ1) is 13.9. The van der Waals surface area contributed by atoms with Crippen molar-refractivity contribution in [3.05, 3.63) is 0 Å². The highest BCUT2D eigenvalue weighted by molar-refractivity contribution is 9.09. The van der Waals surface area contributed by atoms with Crippen LogP contribution in [0.1, 0.15) is 19.3 Å². The van der Waals surface area contributed by atoms with Gasteiger partial charge >= 0.3 is 0 Å². The first-order valence-electron chi connectivity index (χ1n) is 4.62. The van der Waals surface area contributed by atoms with Crippen LogP contribution in [0.25, 0.3) is 0 Å². The summed E-state index contributed by atoms with van der Waals surface area (Å²) in [5, 5.41) is 3.68. The van der Waals surface area contributed by atoms with E-state index in [1.165, 1.54) is 0 Å². The van der Waals surface area contributed by atoms with E-state index in [2.05, 4.69) is 21.2 Å². The van der Waals surface area contributed by atoms with Crippen LogP contribution in [-0.4, -0.2) is 38.3 Å². The number of carbonyl (C=O) groups excluding carboxylic acids is 1. The molecule has 0 rings (SSSR count). The van der Waals surface area contributed by atoms with Crippen LogP contribution in [0, 0.1) is 0 Å². The lowest BCUT2D eigenvalue weighted by molar-refractivity contribution is -0.127. The number of hydrogen-bond acceptors (Lipinski definition) is 3. The number of hydrogen-bond donors (Lipinski definition) is 1. The SMILES string of the molecule is COC(CNC(=O)CCCCBr)OC. The molecule has 0 unspecified atom stereocenters. The molecule has 4 nitrogen and oxygen atoms in total. The molecule has 1 amide bonds. The Morgan fingerprint density at radius 2 is 2.00 bits per heavy atom. The fourth-order valence-electron chi connectivity index (χ4n) is 0.928. The third-order valence-electron chi connectivity index (χ3n) is 1.78. The lowest BCUT2D eigenvalue weighted by atomic mass is 10.2. The number of alkyl halides is 1. The van der Waals surface area contributed by atoms with E-state index in [4.69, 9.17) is 9.47 Å². The van der Waals surface area contributed by atoms with Crippen molar-refractivity contribution in [2.45, 2.75) is 25.6 Å². The maximum Gasteiger partial charge on any atom is 0.220 e. The molecule has 5 heteroatoms. The summed E-state index contributed by atoms with van der Waals surface area (Å²) >= 11 is 3.31. The molecule has 0 radical (unpaired) electrons. The van der Waals surface area contributed by atoms with Gasteiger partial charge in [0.15, 0.2) is 6.29 Å². The molecular weight excluding hydrogens is 250 g/mol. The number of amides is 1. The molecule has 0 aliphatic rings. The highest BCUT2D eigenvalue weighted by Gasteiger charge is 2.06. The van der Waals surface area contributed by atoms with Crippen molar-refractivity contribution in [1.29, 1.82) is 0 Å². The Morgan fingerprint density at radius 1 is 1.36 bits per heavy atom. The first-order chi connectivity index (χ1) is 6.74. The van der Waals surface area contributed by atoms with Crippen LogP contribution in [0.3, 0.4) is 0 Å². The molecule has 0 aromatic rings. The number of ether oxygens (including phenoxy) is 2. The van der Waals surface area contributed by atoms with E-state index in [1.807, 2.05) is 0 Å². The largest absolute Gasteiger partial charge is 0.354 e. The average molecular weight is 268 g/mol. The summed E-state index contributed by atoms with van der Waals surface area (Å²) in [7, 11) is 3.09. The van der Waals surface area contributed by atoms with E-state index in [0.29, 0.717) is 13.0 Å². The van der Waals surface area contributed by atoms with Gasteiger partial charge in [0.05, 0.1) is 6.54 Å². The summed E-state index contributed by atoms with van der Waals surface area (Å²) in [5.41, 5.74) is 0. The minimum atomic E-state index is -0.352. The Labute approximate surface area is 93.5 Å². The van der Waals surface area contributed by atoms with E-state index < -0.39 is 0 Å². The number of halogens is 1. The summed E-state index contributed by atoms with van der Waals surface area (Å²) in [5.74, 6) is 0.0463. The van der Waals surface area contributed by atoms with Crippen LogP contribution in [0.5, 0.6) is 0 Å². The molecule has 0 atom stereocenters. The van der Waals surface area contributed by atoms with E-state index >= 15 is 0 Å². The molecule has 0 aliphatic heterocycles. The van der Waals surface area contributed by atoms with E-state index in [0.717, 1.165) is 18.2 Å². The Morgan fingerprint density at radius 3 is 2.50 bits per heavy atom.